The average molecular weight is 462 g/mol. The number of phenolic OH excluding ortho intramolecular Hbond substituents is 1. The van der Waals surface area contributed by atoms with Crippen LogP contribution in [0.1, 0.15) is 5.56 Å². The number of halogens is 2. The van der Waals surface area contributed by atoms with Crippen LogP contribution < -0.4 is 5.56 Å². The summed E-state index contributed by atoms with van der Waals surface area (Å²) in [5.41, 5.74) is 1.98. The van der Waals surface area contributed by atoms with Crippen LogP contribution in [0.5, 0.6) is 5.75 Å². The van der Waals surface area contributed by atoms with E-state index in [1.54, 1.807) is 18.2 Å². The van der Waals surface area contributed by atoms with E-state index in [-0.39, 0.29) is 11.3 Å². The molecule has 0 spiro atoms. The molecular weight excluding hydrogens is 452 g/mol. The molecule has 0 unspecified atom stereocenters. The lowest BCUT2D eigenvalue weighted by molar-refractivity contribution is 0.474. The second kappa shape index (κ2) is 6.12. The van der Waals surface area contributed by atoms with Crippen LogP contribution in [0.15, 0.2) is 61.6 Å². The van der Waals surface area contributed by atoms with Crippen molar-refractivity contribution >= 4 is 60.0 Å². The summed E-state index contributed by atoms with van der Waals surface area (Å²) in [7, 11) is 0. The van der Waals surface area contributed by atoms with Gasteiger partial charge in [-0.1, -0.05) is 31.9 Å². The van der Waals surface area contributed by atoms with E-state index in [1.807, 2.05) is 18.2 Å². The normalized spacial score (nSPS) is 11.8. The minimum atomic E-state index is -0.317. The van der Waals surface area contributed by atoms with Gasteiger partial charge in [-0.05, 0) is 36.4 Å². The minimum Gasteiger partial charge on any atom is -0.507 e. The fourth-order valence-electron chi connectivity index (χ4n) is 2.55. The van der Waals surface area contributed by atoms with Gasteiger partial charge in [-0.25, -0.2) is 4.98 Å². The first-order valence-electron chi connectivity index (χ1n) is 7.24. The predicted molar refractivity (Wildman–Crippen MR) is 104 cm³/mol. The topological polar surface area (TPSA) is 83.3 Å². The first-order chi connectivity index (χ1) is 12.0. The standard InChI is InChI=1S/C17H10Br2N4O2/c18-10-2-4-14(24)9(5-10)7-21-23-8-20-15-12-6-11(19)1-3-13(12)22-16(15)17(23)25/h1-8,22,24H. The summed E-state index contributed by atoms with van der Waals surface area (Å²) in [6, 6.07) is 10.7. The quantitative estimate of drug-likeness (QED) is 0.442. The Balaban J connectivity index is 1.84. The Kier molecular flexibility index (Phi) is 3.93. The van der Waals surface area contributed by atoms with Gasteiger partial charge in [0.15, 0.2) is 0 Å². The molecule has 0 aliphatic heterocycles. The Morgan fingerprint density at radius 3 is 2.76 bits per heavy atom. The number of benzene rings is 2. The second-order valence-electron chi connectivity index (χ2n) is 5.38. The molecule has 4 rings (SSSR count). The first-order valence-corrected chi connectivity index (χ1v) is 8.83. The Hall–Kier alpha value is -2.45. The van der Waals surface area contributed by atoms with E-state index >= 15 is 0 Å². The molecule has 2 N–H and O–H groups in total. The molecule has 4 aromatic rings. The second-order valence-corrected chi connectivity index (χ2v) is 7.21. The molecule has 0 aliphatic rings. The van der Waals surface area contributed by atoms with Crippen molar-refractivity contribution in [2.24, 2.45) is 5.10 Å². The zero-order chi connectivity index (χ0) is 17.6. The van der Waals surface area contributed by atoms with Gasteiger partial charge in [0.05, 0.1) is 6.21 Å². The van der Waals surface area contributed by atoms with Crippen molar-refractivity contribution in [3.05, 3.63) is 67.6 Å². The highest BCUT2D eigenvalue weighted by Gasteiger charge is 2.11. The van der Waals surface area contributed by atoms with E-state index in [9.17, 15) is 9.90 Å². The lowest BCUT2D eigenvalue weighted by atomic mass is 10.2. The molecule has 124 valence electrons. The van der Waals surface area contributed by atoms with Gasteiger partial charge in [0.2, 0.25) is 0 Å². The van der Waals surface area contributed by atoms with Crippen molar-refractivity contribution in [2.45, 2.75) is 0 Å². The highest BCUT2D eigenvalue weighted by atomic mass is 79.9. The SMILES string of the molecule is O=c1c2[nH]c3ccc(Br)cc3c2ncn1N=Cc1cc(Br)ccc1O. The predicted octanol–water partition coefficient (Wildman–Crippen LogP) is 3.99. The molecule has 2 aromatic carbocycles. The highest BCUT2D eigenvalue weighted by Crippen LogP contribution is 2.25. The summed E-state index contributed by atoms with van der Waals surface area (Å²) >= 11 is 6.76. The van der Waals surface area contributed by atoms with Crippen LogP contribution >= 0.6 is 31.9 Å². The van der Waals surface area contributed by atoms with Crippen LogP contribution in [-0.4, -0.2) is 26.0 Å². The number of aromatic amines is 1. The van der Waals surface area contributed by atoms with Crippen LogP contribution in [0.25, 0.3) is 21.9 Å². The molecule has 0 saturated carbocycles. The largest absolute Gasteiger partial charge is 0.507 e. The third kappa shape index (κ3) is 2.87. The number of phenols is 1. The fraction of sp³-hybridized carbons (Fsp3) is 0. The van der Waals surface area contributed by atoms with E-state index in [4.69, 9.17) is 0 Å². The Morgan fingerprint density at radius 1 is 1.16 bits per heavy atom. The Bertz CT molecular complexity index is 1210. The van der Waals surface area contributed by atoms with Crippen molar-refractivity contribution in [1.29, 1.82) is 0 Å². The molecule has 0 radical (unpaired) electrons. The number of hydrogen-bond donors (Lipinski definition) is 2. The maximum Gasteiger partial charge on any atom is 0.298 e. The minimum absolute atomic E-state index is 0.0736. The van der Waals surface area contributed by atoms with Crippen LogP contribution in [-0.2, 0) is 0 Å². The number of fused-ring (bicyclic) bond motifs is 3. The molecule has 2 heterocycles. The van der Waals surface area contributed by atoms with Crippen molar-refractivity contribution in [3.8, 4) is 5.75 Å². The molecule has 25 heavy (non-hydrogen) atoms. The van der Waals surface area contributed by atoms with Gasteiger partial charge in [0, 0.05) is 25.4 Å². The van der Waals surface area contributed by atoms with Gasteiger partial charge in [-0.2, -0.15) is 9.78 Å². The molecule has 0 aliphatic carbocycles. The molecule has 0 bridgehead atoms. The maximum atomic E-state index is 12.7. The van der Waals surface area contributed by atoms with E-state index in [0.29, 0.717) is 16.6 Å². The summed E-state index contributed by atoms with van der Waals surface area (Å²) < 4.78 is 2.84. The lowest BCUT2D eigenvalue weighted by Crippen LogP contribution is -2.17. The third-order valence-corrected chi connectivity index (χ3v) is 4.75. The summed E-state index contributed by atoms with van der Waals surface area (Å²) in [6.07, 6.45) is 2.78. The monoisotopic (exact) mass is 460 g/mol. The van der Waals surface area contributed by atoms with Crippen LogP contribution in [0.3, 0.4) is 0 Å². The van der Waals surface area contributed by atoms with Crippen molar-refractivity contribution in [3.63, 3.8) is 0 Å². The smallest absolute Gasteiger partial charge is 0.298 e. The number of hydrogen-bond acceptors (Lipinski definition) is 4. The number of rotatable bonds is 2. The van der Waals surface area contributed by atoms with E-state index in [0.717, 1.165) is 24.5 Å². The van der Waals surface area contributed by atoms with E-state index in [2.05, 4.69) is 46.9 Å². The maximum absolute atomic E-state index is 12.7. The molecule has 0 saturated heterocycles. The lowest BCUT2D eigenvalue weighted by Gasteiger charge is -2.00. The van der Waals surface area contributed by atoms with Gasteiger partial charge in [0.1, 0.15) is 23.1 Å². The summed E-state index contributed by atoms with van der Waals surface area (Å²) in [4.78, 5) is 20.1. The number of aromatic nitrogens is 3. The van der Waals surface area contributed by atoms with Gasteiger partial charge >= 0.3 is 0 Å². The fourth-order valence-corrected chi connectivity index (χ4v) is 3.29. The zero-order valence-electron chi connectivity index (χ0n) is 12.6. The average Bonchev–Trinajstić information content (AvgIpc) is 2.96. The molecule has 0 amide bonds. The van der Waals surface area contributed by atoms with Gasteiger partial charge < -0.3 is 10.1 Å². The molecule has 0 atom stereocenters. The first kappa shape index (κ1) is 16.0. The van der Waals surface area contributed by atoms with Crippen LogP contribution in [0.4, 0.5) is 0 Å². The van der Waals surface area contributed by atoms with Gasteiger partial charge in [-0.3, -0.25) is 4.79 Å². The molecule has 2 aromatic heterocycles. The van der Waals surface area contributed by atoms with Crippen molar-refractivity contribution in [1.82, 2.24) is 14.6 Å². The third-order valence-electron chi connectivity index (χ3n) is 3.76. The summed E-state index contributed by atoms with van der Waals surface area (Å²) in [5, 5.41) is 14.8. The molecule has 8 heteroatoms. The Labute approximate surface area is 158 Å². The van der Waals surface area contributed by atoms with E-state index < -0.39 is 0 Å². The van der Waals surface area contributed by atoms with Gasteiger partial charge in [0.25, 0.3) is 5.56 Å². The Morgan fingerprint density at radius 2 is 1.92 bits per heavy atom. The van der Waals surface area contributed by atoms with Crippen LogP contribution in [0, 0.1) is 0 Å². The zero-order valence-corrected chi connectivity index (χ0v) is 15.7. The summed E-state index contributed by atoms with van der Waals surface area (Å²) in [6.45, 7) is 0. The number of H-pyrrole nitrogens is 1. The van der Waals surface area contributed by atoms with Crippen molar-refractivity contribution in [2.75, 3.05) is 0 Å². The molecular formula is C17H10Br2N4O2. The highest BCUT2D eigenvalue weighted by molar-refractivity contribution is 9.10. The summed E-state index contributed by atoms with van der Waals surface area (Å²) in [5.74, 6) is 0.0736. The van der Waals surface area contributed by atoms with Gasteiger partial charge in [-0.15, -0.1) is 0 Å². The number of nitrogens with one attached hydrogen (secondary N) is 1. The van der Waals surface area contributed by atoms with E-state index in [1.165, 1.54) is 12.5 Å². The number of aromatic hydroxyl groups is 1. The molecule has 0 fully saturated rings. The molecule has 6 nitrogen and oxygen atoms in total. The van der Waals surface area contributed by atoms with Crippen molar-refractivity contribution < 1.29 is 5.11 Å². The number of nitrogens with zero attached hydrogens (tertiary/aromatic N) is 3. The van der Waals surface area contributed by atoms with Crippen LogP contribution in [0.2, 0.25) is 0 Å².